The molecule has 2 rings (SSSR count). The number of aliphatic hydroxyl groups is 1. The Kier molecular flexibility index (Phi) is 3.63. The summed E-state index contributed by atoms with van der Waals surface area (Å²) in [5.74, 6) is 0.726. The van der Waals surface area contributed by atoms with Crippen molar-refractivity contribution in [3.63, 3.8) is 0 Å². The summed E-state index contributed by atoms with van der Waals surface area (Å²) in [4.78, 5) is 0. The van der Waals surface area contributed by atoms with Gasteiger partial charge in [0.25, 0.3) is 5.19 Å². The zero-order valence-electron chi connectivity index (χ0n) is 10.7. The van der Waals surface area contributed by atoms with Crippen molar-refractivity contribution in [2.75, 3.05) is 0 Å². The van der Waals surface area contributed by atoms with Crippen molar-refractivity contribution in [2.24, 2.45) is 0 Å². The van der Waals surface area contributed by atoms with Gasteiger partial charge >= 0.3 is 0 Å². The first-order valence-electron chi connectivity index (χ1n) is 5.70. The lowest BCUT2D eigenvalue weighted by Crippen LogP contribution is -2.10. The molecule has 0 unspecified atom stereocenters. The van der Waals surface area contributed by atoms with E-state index in [1.165, 1.54) is 16.9 Å². The topological polar surface area (TPSA) is 55.2 Å². The lowest BCUT2D eigenvalue weighted by Gasteiger charge is -2.18. The average molecular weight is 264 g/mol. The van der Waals surface area contributed by atoms with Gasteiger partial charge in [-0.15, -0.1) is 5.10 Å². The number of aromatic nitrogens is 2. The summed E-state index contributed by atoms with van der Waals surface area (Å²) in [5, 5.41) is 17.5. The highest BCUT2D eigenvalue weighted by molar-refractivity contribution is 7.13. The van der Waals surface area contributed by atoms with Crippen LogP contribution in [-0.2, 0) is 12.0 Å². The fraction of sp³-hybridized carbons (Fsp3) is 0.385. The monoisotopic (exact) mass is 264 g/mol. The molecule has 4 nitrogen and oxygen atoms in total. The van der Waals surface area contributed by atoms with Gasteiger partial charge in [0.1, 0.15) is 10.8 Å². The maximum absolute atomic E-state index is 8.90. The van der Waals surface area contributed by atoms with E-state index < -0.39 is 0 Å². The fourth-order valence-electron chi connectivity index (χ4n) is 1.47. The van der Waals surface area contributed by atoms with Crippen molar-refractivity contribution < 1.29 is 9.84 Å². The lowest BCUT2D eigenvalue weighted by molar-refractivity contribution is 0.280. The van der Waals surface area contributed by atoms with Crippen LogP contribution in [0.1, 0.15) is 31.3 Å². The van der Waals surface area contributed by atoms with Gasteiger partial charge in [0.2, 0.25) is 0 Å². The summed E-state index contributed by atoms with van der Waals surface area (Å²) in [5.41, 5.74) is 1.38. The van der Waals surface area contributed by atoms with Crippen molar-refractivity contribution in [1.29, 1.82) is 0 Å². The maximum atomic E-state index is 8.90. The van der Waals surface area contributed by atoms with Gasteiger partial charge in [0.05, 0.1) is 6.61 Å². The molecule has 1 heterocycles. The highest BCUT2D eigenvalue weighted by Crippen LogP contribution is 2.28. The standard InChI is InChI=1S/C13H16N2O2S/c1-13(2,3)9-4-6-10(7-5-9)17-12-15-14-11(8-16)18-12/h4-7,16H,8H2,1-3H3. The second-order valence-electron chi connectivity index (χ2n) is 5.00. The molecule has 0 amide bonds. The predicted molar refractivity (Wildman–Crippen MR) is 71.0 cm³/mol. The van der Waals surface area contributed by atoms with Gasteiger partial charge in [0, 0.05) is 0 Å². The smallest absolute Gasteiger partial charge is 0.299 e. The molecule has 0 aliphatic heterocycles. The molecule has 1 aromatic heterocycles. The molecule has 2 aromatic rings. The van der Waals surface area contributed by atoms with Crippen LogP contribution in [0.15, 0.2) is 24.3 Å². The summed E-state index contributed by atoms with van der Waals surface area (Å²) >= 11 is 1.24. The third-order valence-corrected chi connectivity index (χ3v) is 3.30. The van der Waals surface area contributed by atoms with E-state index in [4.69, 9.17) is 9.84 Å². The molecule has 1 aromatic carbocycles. The van der Waals surface area contributed by atoms with E-state index in [-0.39, 0.29) is 12.0 Å². The van der Waals surface area contributed by atoms with Crippen LogP contribution in [0.4, 0.5) is 0 Å². The second-order valence-corrected chi connectivity index (χ2v) is 6.02. The Balaban J connectivity index is 2.11. The molecule has 0 spiro atoms. The van der Waals surface area contributed by atoms with Crippen LogP contribution in [0.5, 0.6) is 10.9 Å². The number of hydrogen-bond acceptors (Lipinski definition) is 5. The van der Waals surface area contributed by atoms with Crippen LogP contribution in [-0.4, -0.2) is 15.3 Å². The van der Waals surface area contributed by atoms with Crippen molar-refractivity contribution in [2.45, 2.75) is 32.8 Å². The summed E-state index contributed by atoms with van der Waals surface area (Å²) in [6, 6.07) is 7.92. The third kappa shape index (κ3) is 3.05. The number of aliphatic hydroxyl groups excluding tert-OH is 1. The molecule has 0 aliphatic carbocycles. The number of hydrogen-bond donors (Lipinski definition) is 1. The van der Waals surface area contributed by atoms with Crippen molar-refractivity contribution in [1.82, 2.24) is 10.2 Å². The SMILES string of the molecule is CC(C)(C)c1ccc(Oc2nnc(CO)s2)cc1. The van der Waals surface area contributed by atoms with Crippen LogP contribution in [0.3, 0.4) is 0 Å². The molecule has 0 bridgehead atoms. The Morgan fingerprint density at radius 1 is 1.17 bits per heavy atom. The Morgan fingerprint density at radius 2 is 1.83 bits per heavy atom. The van der Waals surface area contributed by atoms with E-state index >= 15 is 0 Å². The molecular formula is C13H16N2O2S. The van der Waals surface area contributed by atoms with E-state index in [0.29, 0.717) is 10.2 Å². The molecule has 1 N–H and O–H groups in total. The first kappa shape index (κ1) is 13.0. The van der Waals surface area contributed by atoms with Crippen LogP contribution in [0.25, 0.3) is 0 Å². The zero-order chi connectivity index (χ0) is 13.2. The van der Waals surface area contributed by atoms with E-state index in [9.17, 15) is 0 Å². The Hall–Kier alpha value is -1.46. The minimum absolute atomic E-state index is 0.107. The molecule has 5 heteroatoms. The lowest BCUT2D eigenvalue weighted by atomic mass is 9.87. The quantitative estimate of drug-likeness (QED) is 0.925. The van der Waals surface area contributed by atoms with Gasteiger partial charge in [-0.1, -0.05) is 49.3 Å². The average Bonchev–Trinajstić information content (AvgIpc) is 2.76. The van der Waals surface area contributed by atoms with Gasteiger partial charge in [-0.05, 0) is 23.1 Å². The van der Waals surface area contributed by atoms with Crippen LogP contribution in [0.2, 0.25) is 0 Å². The van der Waals surface area contributed by atoms with Crippen LogP contribution >= 0.6 is 11.3 Å². The first-order valence-corrected chi connectivity index (χ1v) is 6.52. The van der Waals surface area contributed by atoms with Crippen molar-refractivity contribution in [3.05, 3.63) is 34.8 Å². The molecule has 0 fully saturated rings. The van der Waals surface area contributed by atoms with Crippen molar-refractivity contribution >= 4 is 11.3 Å². The summed E-state index contributed by atoms with van der Waals surface area (Å²) in [7, 11) is 0. The molecular weight excluding hydrogens is 248 g/mol. The van der Waals surface area contributed by atoms with Gasteiger partial charge in [-0.2, -0.15) is 0 Å². The number of nitrogens with zero attached hydrogens (tertiary/aromatic N) is 2. The summed E-state index contributed by atoms with van der Waals surface area (Å²) in [6.07, 6.45) is 0. The van der Waals surface area contributed by atoms with Gasteiger partial charge in [-0.3, -0.25) is 0 Å². The van der Waals surface area contributed by atoms with E-state index in [2.05, 4.69) is 31.0 Å². The highest BCUT2D eigenvalue weighted by Gasteiger charge is 2.13. The minimum Gasteiger partial charge on any atom is -0.430 e. The number of benzene rings is 1. The molecule has 96 valence electrons. The highest BCUT2D eigenvalue weighted by atomic mass is 32.1. The number of rotatable bonds is 3. The normalized spacial score (nSPS) is 11.6. The molecule has 0 aliphatic rings. The summed E-state index contributed by atoms with van der Waals surface area (Å²) < 4.78 is 5.56. The third-order valence-electron chi connectivity index (χ3n) is 2.51. The number of ether oxygens (including phenoxy) is 1. The molecule has 0 atom stereocenters. The van der Waals surface area contributed by atoms with Gasteiger partial charge < -0.3 is 9.84 Å². The first-order chi connectivity index (χ1) is 8.49. The molecule has 0 saturated carbocycles. The Labute approximate surface area is 110 Å². The zero-order valence-corrected chi connectivity index (χ0v) is 11.5. The maximum Gasteiger partial charge on any atom is 0.299 e. The van der Waals surface area contributed by atoms with E-state index in [1.54, 1.807) is 0 Å². The molecule has 0 radical (unpaired) electrons. The van der Waals surface area contributed by atoms with Crippen LogP contribution < -0.4 is 4.74 Å². The predicted octanol–water partition coefficient (Wildman–Crippen LogP) is 3.12. The van der Waals surface area contributed by atoms with E-state index in [0.717, 1.165) is 5.75 Å². The Morgan fingerprint density at radius 3 is 2.33 bits per heavy atom. The fourth-order valence-corrected chi connectivity index (χ4v) is 2.03. The molecule has 0 saturated heterocycles. The summed E-state index contributed by atoms with van der Waals surface area (Å²) in [6.45, 7) is 6.40. The van der Waals surface area contributed by atoms with Crippen molar-refractivity contribution in [3.8, 4) is 10.9 Å². The van der Waals surface area contributed by atoms with Crippen LogP contribution in [0, 0.1) is 0 Å². The van der Waals surface area contributed by atoms with Gasteiger partial charge in [0.15, 0.2) is 0 Å². The molecule has 18 heavy (non-hydrogen) atoms. The minimum atomic E-state index is -0.107. The van der Waals surface area contributed by atoms with E-state index in [1.807, 2.05) is 24.3 Å². The Bertz CT molecular complexity index is 515. The van der Waals surface area contributed by atoms with Gasteiger partial charge in [-0.25, -0.2) is 0 Å². The largest absolute Gasteiger partial charge is 0.430 e. The second kappa shape index (κ2) is 5.04.